The van der Waals surface area contributed by atoms with Crippen molar-refractivity contribution in [1.29, 1.82) is 0 Å². The molecule has 0 unspecified atom stereocenters. The number of carbonyl (C=O) groups is 1. The molecule has 2 aromatic heterocycles. The van der Waals surface area contributed by atoms with Gasteiger partial charge in [0.25, 0.3) is 0 Å². The summed E-state index contributed by atoms with van der Waals surface area (Å²) in [5, 5.41) is 4.27. The summed E-state index contributed by atoms with van der Waals surface area (Å²) in [6.45, 7) is 0.589. The lowest BCUT2D eigenvalue weighted by Crippen LogP contribution is -2.34. The third-order valence-electron chi connectivity index (χ3n) is 3.80. The van der Waals surface area contributed by atoms with E-state index in [0.717, 1.165) is 12.0 Å². The van der Waals surface area contributed by atoms with Crippen LogP contribution in [0.1, 0.15) is 18.1 Å². The van der Waals surface area contributed by atoms with Gasteiger partial charge >= 0.3 is 0 Å². The van der Waals surface area contributed by atoms with E-state index in [0.29, 0.717) is 12.4 Å². The molecule has 3 heterocycles. The van der Waals surface area contributed by atoms with Crippen LogP contribution in [0.4, 0.5) is 5.82 Å². The van der Waals surface area contributed by atoms with Crippen molar-refractivity contribution in [3.05, 3.63) is 42.4 Å². The summed E-state index contributed by atoms with van der Waals surface area (Å²) in [5.41, 5.74) is 0.947. The van der Waals surface area contributed by atoms with Crippen LogP contribution >= 0.6 is 0 Å². The highest BCUT2D eigenvalue weighted by Gasteiger charge is 2.37. The van der Waals surface area contributed by atoms with Crippen LogP contribution in [0.3, 0.4) is 0 Å². The first-order chi connectivity index (χ1) is 10.2. The molecule has 6 nitrogen and oxygen atoms in total. The second kappa shape index (κ2) is 5.65. The van der Waals surface area contributed by atoms with Gasteiger partial charge in [-0.2, -0.15) is 5.10 Å². The van der Waals surface area contributed by atoms with Crippen LogP contribution in [0.5, 0.6) is 0 Å². The van der Waals surface area contributed by atoms with Crippen LogP contribution in [0, 0.1) is 5.92 Å². The number of hydrogen-bond donors (Lipinski definition) is 0. The van der Waals surface area contributed by atoms with Crippen molar-refractivity contribution in [2.24, 2.45) is 13.0 Å². The summed E-state index contributed by atoms with van der Waals surface area (Å²) in [5.74, 6) is 0.487. The summed E-state index contributed by atoms with van der Waals surface area (Å²) in [7, 11) is 3.59. The average molecular weight is 286 g/mol. The molecule has 1 aliphatic rings. The molecule has 0 aliphatic carbocycles. The highest BCUT2D eigenvalue weighted by molar-refractivity contribution is 5.94. The standard InChI is InChI=1S/C15H18N4O2/c1-18-8-5-13(17-18)19(2)15(20)12-6-9-21-14(12)11-4-3-7-16-10-11/h3-5,7-8,10,12,14H,6,9H2,1-2H3/t12-,14+/m0/s1. The van der Waals surface area contributed by atoms with Gasteiger partial charge in [0.15, 0.2) is 5.82 Å². The third-order valence-corrected chi connectivity index (χ3v) is 3.80. The summed E-state index contributed by atoms with van der Waals surface area (Å²) in [6, 6.07) is 5.64. The quantitative estimate of drug-likeness (QED) is 0.859. The molecule has 2 atom stereocenters. The zero-order valence-electron chi connectivity index (χ0n) is 12.1. The fourth-order valence-electron chi connectivity index (χ4n) is 2.66. The highest BCUT2D eigenvalue weighted by atomic mass is 16.5. The van der Waals surface area contributed by atoms with Gasteiger partial charge in [0.2, 0.25) is 5.91 Å². The fourth-order valence-corrected chi connectivity index (χ4v) is 2.66. The number of pyridine rings is 1. The van der Waals surface area contributed by atoms with Gasteiger partial charge in [-0.05, 0) is 18.1 Å². The van der Waals surface area contributed by atoms with Gasteiger partial charge in [0.1, 0.15) is 0 Å². The SMILES string of the molecule is CN(C(=O)[C@H]1CCO[C@@H]1c1cccnc1)c1ccn(C)n1. The second-order valence-electron chi connectivity index (χ2n) is 5.22. The Morgan fingerprint density at radius 1 is 1.48 bits per heavy atom. The molecule has 6 heteroatoms. The van der Waals surface area contributed by atoms with Gasteiger partial charge in [0.05, 0.1) is 12.0 Å². The van der Waals surface area contributed by atoms with E-state index in [1.807, 2.05) is 31.4 Å². The van der Waals surface area contributed by atoms with Crippen molar-refractivity contribution in [2.75, 3.05) is 18.6 Å². The van der Waals surface area contributed by atoms with Crippen molar-refractivity contribution >= 4 is 11.7 Å². The molecule has 1 saturated heterocycles. The van der Waals surface area contributed by atoms with E-state index < -0.39 is 0 Å². The number of anilines is 1. The summed E-state index contributed by atoms with van der Waals surface area (Å²) < 4.78 is 7.43. The number of hydrogen-bond acceptors (Lipinski definition) is 4. The van der Waals surface area contributed by atoms with Crippen molar-refractivity contribution in [2.45, 2.75) is 12.5 Å². The maximum Gasteiger partial charge on any atom is 0.234 e. The molecule has 1 amide bonds. The number of carbonyl (C=O) groups excluding carboxylic acids is 1. The minimum absolute atomic E-state index is 0.0278. The largest absolute Gasteiger partial charge is 0.373 e. The molecule has 0 N–H and O–H groups in total. The van der Waals surface area contributed by atoms with Crippen LogP contribution in [-0.2, 0) is 16.6 Å². The monoisotopic (exact) mass is 286 g/mol. The number of ether oxygens (including phenoxy) is 1. The van der Waals surface area contributed by atoms with Gasteiger partial charge in [-0.15, -0.1) is 0 Å². The van der Waals surface area contributed by atoms with Crippen molar-refractivity contribution in [1.82, 2.24) is 14.8 Å². The van der Waals surface area contributed by atoms with E-state index in [-0.39, 0.29) is 17.9 Å². The molecular formula is C15H18N4O2. The first kappa shape index (κ1) is 13.8. The van der Waals surface area contributed by atoms with Crippen molar-refractivity contribution in [3.8, 4) is 0 Å². The van der Waals surface area contributed by atoms with Crippen LogP contribution in [0.2, 0.25) is 0 Å². The number of nitrogens with zero attached hydrogens (tertiary/aromatic N) is 4. The molecular weight excluding hydrogens is 268 g/mol. The number of rotatable bonds is 3. The Labute approximate surface area is 123 Å². The molecule has 3 rings (SSSR count). The minimum atomic E-state index is -0.225. The van der Waals surface area contributed by atoms with E-state index in [1.54, 1.807) is 29.0 Å². The Kier molecular flexibility index (Phi) is 3.70. The maximum absolute atomic E-state index is 12.7. The minimum Gasteiger partial charge on any atom is -0.373 e. The number of aryl methyl sites for hydroxylation is 1. The van der Waals surface area contributed by atoms with E-state index in [1.165, 1.54) is 0 Å². The van der Waals surface area contributed by atoms with E-state index in [4.69, 9.17) is 4.74 Å². The predicted molar refractivity (Wildman–Crippen MR) is 77.7 cm³/mol. The second-order valence-corrected chi connectivity index (χ2v) is 5.22. The third kappa shape index (κ3) is 2.67. The Morgan fingerprint density at radius 2 is 2.33 bits per heavy atom. The molecule has 21 heavy (non-hydrogen) atoms. The van der Waals surface area contributed by atoms with E-state index >= 15 is 0 Å². The average Bonchev–Trinajstić information content (AvgIpc) is 3.15. The van der Waals surface area contributed by atoms with Crippen LogP contribution < -0.4 is 4.90 Å². The lowest BCUT2D eigenvalue weighted by Gasteiger charge is -2.22. The smallest absolute Gasteiger partial charge is 0.234 e. The first-order valence-corrected chi connectivity index (χ1v) is 6.95. The van der Waals surface area contributed by atoms with E-state index in [2.05, 4.69) is 10.1 Å². The van der Waals surface area contributed by atoms with Crippen LogP contribution in [0.25, 0.3) is 0 Å². The highest BCUT2D eigenvalue weighted by Crippen LogP contribution is 2.35. The zero-order chi connectivity index (χ0) is 14.8. The Hall–Kier alpha value is -2.21. The first-order valence-electron chi connectivity index (χ1n) is 6.95. The topological polar surface area (TPSA) is 60.3 Å². The van der Waals surface area contributed by atoms with Crippen LogP contribution in [0.15, 0.2) is 36.8 Å². The van der Waals surface area contributed by atoms with E-state index in [9.17, 15) is 4.79 Å². The maximum atomic E-state index is 12.7. The van der Waals surface area contributed by atoms with Gasteiger partial charge in [-0.3, -0.25) is 19.4 Å². The van der Waals surface area contributed by atoms with Gasteiger partial charge in [-0.1, -0.05) is 6.07 Å². The van der Waals surface area contributed by atoms with Gasteiger partial charge in [0, 0.05) is 45.4 Å². The molecule has 1 aliphatic heterocycles. The fraction of sp³-hybridized carbons (Fsp3) is 0.400. The molecule has 0 spiro atoms. The van der Waals surface area contributed by atoms with Gasteiger partial charge in [-0.25, -0.2) is 0 Å². The number of amides is 1. The molecule has 0 radical (unpaired) electrons. The lowest BCUT2D eigenvalue weighted by atomic mass is 9.95. The molecule has 2 aromatic rings. The molecule has 1 fully saturated rings. The number of aromatic nitrogens is 3. The molecule has 110 valence electrons. The summed E-state index contributed by atoms with van der Waals surface area (Å²) in [6.07, 6.45) is 5.79. The summed E-state index contributed by atoms with van der Waals surface area (Å²) in [4.78, 5) is 18.4. The molecule has 0 saturated carbocycles. The Morgan fingerprint density at radius 3 is 3.00 bits per heavy atom. The van der Waals surface area contributed by atoms with Gasteiger partial charge < -0.3 is 4.74 Å². The van der Waals surface area contributed by atoms with Crippen molar-refractivity contribution in [3.63, 3.8) is 0 Å². The summed E-state index contributed by atoms with van der Waals surface area (Å²) >= 11 is 0. The predicted octanol–water partition coefficient (Wildman–Crippen LogP) is 1.56. The normalized spacial score (nSPS) is 21.4. The van der Waals surface area contributed by atoms with Crippen molar-refractivity contribution < 1.29 is 9.53 Å². The lowest BCUT2D eigenvalue weighted by molar-refractivity contribution is -0.123. The Balaban J connectivity index is 1.80. The molecule has 0 bridgehead atoms. The molecule has 0 aromatic carbocycles. The zero-order valence-corrected chi connectivity index (χ0v) is 12.1. The Bertz CT molecular complexity index is 626. The van der Waals surface area contributed by atoms with Crippen LogP contribution in [-0.4, -0.2) is 34.3 Å².